The summed E-state index contributed by atoms with van der Waals surface area (Å²) in [6.07, 6.45) is 2.47. The highest BCUT2D eigenvalue weighted by Crippen LogP contribution is 2.48. The molecule has 7 heterocycles. The molecule has 3 fully saturated rings. The molecule has 12 nitrogen and oxygen atoms in total. The number of rotatable bonds is 8. The fraction of sp³-hybridized carbons (Fsp3) is 0.515. The number of ether oxygens (including phenoxy) is 3. The molecule has 4 aliphatic heterocycles. The number of nitriles is 1. The second-order valence-electron chi connectivity index (χ2n) is 13.0. The van der Waals surface area contributed by atoms with Crippen LogP contribution < -0.4 is 15.4 Å². The van der Waals surface area contributed by atoms with Gasteiger partial charge in [-0.15, -0.1) is 11.3 Å². The van der Waals surface area contributed by atoms with Gasteiger partial charge in [0.25, 0.3) is 0 Å². The Kier molecular flexibility index (Phi) is 8.26. The van der Waals surface area contributed by atoms with E-state index < -0.39 is 17.7 Å². The third kappa shape index (κ3) is 5.31. The van der Waals surface area contributed by atoms with Crippen LogP contribution in [0.25, 0.3) is 32.2 Å². The number of piperazine rings is 1. The molecule has 0 spiro atoms. The summed E-state index contributed by atoms with van der Waals surface area (Å²) >= 11 is 0.940. The first-order valence-corrected chi connectivity index (χ1v) is 17.1. The van der Waals surface area contributed by atoms with E-state index >= 15 is 4.39 Å². The molecule has 1 aromatic carbocycles. The number of aliphatic hydroxyl groups excluding tert-OH is 1. The van der Waals surface area contributed by atoms with E-state index in [1.807, 2.05) is 0 Å². The number of nitrogen functional groups attached to an aromatic ring is 1. The lowest BCUT2D eigenvalue weighted by Crippen LogP contribution is -2.55. The summed E-state index contributed by atoms with van der Waals surface area (Å²) in [5.41, 5.74) is 7.79. The number of aromatic nitrogens is 3. The molecule has 2 unspecified atom stereocenters. The van der Waals surface area contributed by atoms with Crippen molar-refractivity contribution in [2.75, 3.05) is 69.7 Å². The maximum absolute atomic E-state index is 17.3. The Balaban J connectivity index is 1.30. The molecule has 0 aliphatic carbocycles. The Morgan fingerprint density at radius 3 is 2.58 bits per heavy atom. The predicted molar refractivity (Wildman–Crippen MR) is 176 cm³/mol. The van der Waals surface area contributed by atoms with Gasteiger partial charge in [-0.1, -0.05) is 0 Å². The van der Waals surface area contributed by atoms with Crippen molar-refractivity contribution in [1.82, 2.24) is 24.8 Å². The Morgan fingerprint density at radius 2 is 1.85 bits per heavy atom. The zero-order chi connectivity index (χ0) is 33.1. The monoisotopic (exact) mass is 678 g/mol. The van der Waals surface area contributed by atoms with Gasteiger partial charge < -0.3 is 30.0 Å². The molecule has 3 atom stereocenters. The minimum absolute atomic E-state index is 0.0614. The number of morpholine rings is 1. The Bertz CT molecular complexity index is 1930. The smallest absolute Gasteiger partial charge is 0.319 e. The lowest BCUT2D eigenvalue weighted by atomic mass is 9.93. The average molecular weight is 679 g/mol. The molecule has 2 bridgehead atoms. The quantitative estimate of drug-likeness (QED) is 0.282. The summed E-state index contributed by atoms with van der Waals surface area (Å²) in [6, 6.07) is 2.34. The molecule has 48 heavy (non-hydrogen) atoms. The molecule has 3 N–H and O–H groups in total. The number of thiophene rings is 1. The van der Waals surface area contributed by atoms with E-state index in [0.717, 1.165) is 62.1 Å². The number of pyridine rings is 1. The zero-order valence-corrected chi connectivity index (χ0v) is 27.4. The van der Waals surface area contributed by atoms with Crippen LogP contribution in [0.2, 0.25) is 0 Å². The van der Waals surface area contributed by atoms with Crippen molar-refractivity contribution < 1.29 is 28.1 Å². The number of nitrogens with two attached hydrogens (primary N) is 1. The number of hydrogen-bond donors (Lipinski definition) is 2. The van der Waals surface area contributed by atoms with Gasteiger partial charge in [-0.2, -0.15) is 15.2 Å². The molecule has 0 radical (unpaired) electrons. The van der Waals surface area contributed by atoms with E-state index in [1.54, 1.807) is 6.92 Å². The van der Waals surface area contributed by atoms with Gasteiger partial charge in [-0.3, -0.25) is 14.8 Å². The first kappa shape index (κ1) is 31.5. The van der Waals surface area contributed by atoms with Crippen LogP contribution in [0.5, 0.6) is 6.01 Å². The van der Waals surface area contributed by atoms with Crippen LogP contribution in [0.3, 0.4) is 0 Å². The minimum atomic E-state index is -0.662. The van der Waals surface area contributed by atoms with Gasteiger partial charge in [0.05, 0.1) is 60.1 Å². The number of hydrogen-bond acceptors (Lipinski definition) is 13. The van der Waals surface area contributed by atoms with Crippen molar-refractivity contribution in [2.24, 2.45) is 0 Å². The third-order valence-electron chi connectivity index (χ3n) is 9.87. The number of likely N-dealkylation sites (tertiary alicyclic amines) is 1. The van der Waals surface area contributed by atoms with Crippen molar-refractivity contribution >= 4 is 43.1 Å². The Hall–Kier alpha value is -3.78. The molecule has 0 saturated carbocycles. The summed E-state index contributed by atoms with van der Waals surface area (Å²) in [6.45, 7) is 8.04. The van der Waals surface area contributed by atoms with Crippen LogP contribution in [-0.2, 0) is 22.7 Å². The molecule has 252 valence electrons. The fourth-order valence-corrected chi connectivity index (χ4v) is 8.75. The van der Waals surface area contributed by atoms with Crippen molar-refractivity contribution in [1.29, 1.82) is 5.26 Å². The third-order valence-corrected chi connectivity index (χ3v) is 10.9. The minimum Gasteiger partial charge on any atom is -0.462 e. The number of halogens is 2. The molecule has 4 aliphatic rings. The van der Waals surface area contributed by atoms with Gasteiger partial charge in [0.1, 0.15) is 29.0 Å². The number of fused-ring (bicyclic) bond motifs is 6. The van der Waals surface area contributed by atoms with Crippen LogP contribution >= 0.6 is 11.3 Å². The van der Waals surface area contributed by atoms with E-state index in [4.69, 9.17) is 24.9 Å². The van der Waals surface area contributed by atoms with E-state index in [0.29, 0.717) is 49.7 Å². The maximum Gasteiger partial charge on any atom is 0.319 e. The van der Waals surface area contributed by atoms with Gasteiger partial charge >= 0.3 is 6.01 Å². The topological polar surface area (TPSA) is 146 Å². The van der Waals surface area contributed by atoms with Crippen molar-refractivity contribution in [2.45, 2.75) is 51.2 Å². The summed E-state index contributed by atoms with van der Waals surface area (Å²) in [4.78, 5) is 20.8. The molecule has 3 aromatic heterocycles. The lowest BCUT2D eigenvalue weighted by molar-refractivity contribution is 0.0317. The lowest BCUT2D eigenvalue weighted by Gasteiger charge is -2.42. The van der Waals surface area contributed by atoms with Crippen molar-refractivity contribution in [3.63, 3.8) is 0 Å². The predicted octanol–water partition coefficient (Wildman–Crippen LogP) is 3.41. The second-order valence-corrected chi connectivity index (χ2v) is 14.0. The highest BCUT2D eigenvalue weighted by Gasteiger charge is 2.43. The number of nitrogens with zero attached hydrogens (tertiary/aromatic N) is 7. The molecule has 0 amide bonds. The largest absolute Gasteiger partial charge is 0.462 e. The first-order chi connectivity index (χ1) is 23.3. The van der Waals surface area contributed by atoms with Crippen LogP contribution in [0.1, 0.15) is 36.5 Å². The van der Waals surface area contributed by atoms with Gasteiger partial charge in [-0.05, 0) is 30.9 Å². The molecule has 8 rings (SSSR count). The molecular formula is C33H36F2N8O4S. The van der Waals surface area contributed by atoms with Gasteiger partial charge in [0.15, 0.2) is 11.6 Å². The van der Waals surface area contributed by atoms with E-state index in [-0.39, 0.29) is 68.7 Å². The second kappa shape index (κ2) is 12.6. The summed E-state index contributed by atoms with van der Waals surface area (Å²) < 4.78 is 50.0. The highest BCUT2D eigenvalue weighted by atomic mass is 32.1. The van der Waals surface area contributed by atoms with Gasteiger partial charge in [0.2, 0.25) is 0 Å². The Morgan fingerprint density at radius 1 is 1.10 bits per heavy atom. The molecular weight excluding hydrogens is 642 g/mol. The summed E-state index contributed by atoms with van der Waals surface area (Å²) in [7, 11) is 0. The van der Waals surface area contributed by atoms with Crippen LogP contribution in [0, 0.1) is 23.0 Å². The van der Waals surface area contributed by atoms with Crippen molar-refractivity contribution in [3.8, 4) is 23.3 Å². The SMILES string of the molecule is C[C@@H](O)CN1CC2CCC(C1)N2c1nc(OCCN2CCOCC2)nc2c(F)c(-c3ncc(F)c4sc(N)c(C#N)c34)c3c(c12)COC3. The molecule has 4 aromatic rings. The van der Waals surface area contributed by atoms with Crippen molar-refractivity contribution in [3.05, 3.63) is 34.5 Å². The number of anilines is 2. The summed E-state index contributed by atoms with van der Waals surface area (Å²) in [5.74, 6) is -0.690. The van der Waals surface area contributed by atoms with E-state index in [9.17, 15) is 14.8 Å². The number of β-amino-alcohol motifs (C(OH)–C–C–N with tert-alkyl or cyclic N) is 1. The van der Waals surface area contributed by atoms with E-state index in [2.05, 4.69) is 30.7 Å². The Labute approximate surface area is 279 Å². The van der Waals surface area contributed by atoms with Crippen LogP contribution in [0.4, 0.5) is 19.6 Å². The first-order valence-electron chi connectivity index (χ1n) is 16.3. The summed E-state index contributed by atoms with van der Waals surface area (Å²) in [5, 5.41) is 20.9. The fourth-order valence-electron chi connectivity index (χ4n) is 7.83. The maximum atomic E-state index is 17.3. The number of benzene rings is 1. The standard InChI is InChI=1S/C33H36F2N8O4S/c1-17(44)12-42-13-18-2-3-19(14-42)43(18)32-26-22-16-46-15-21(22)24(28-25-20(10-36)31(37)48-30(25)23(34)11-38-28)27(35)29(26)39-33(40-32)47-9-6-41-4-7-45-8-5-41/h11,17-19,44H,2-9,12-16,37H2,1H3/t17-,18?,19?/m1/s1. The van der Waals surface area contributed by atoms with Gasteiger partial charge in [0, 0.05) is 62.3 Å². The molecule has 3 saturated heterocycles. The zero-order valence-electron chi connectivity index (χ0n) is 26.5. The number of aliphatic hydroxyl groups is 1. The highest BCUT2D eigenvalue weighted by molar-refractivity contribution is 7.23. The van der Waals surface area contributed by atoms with Crippen LogP contribution in [-0.4, -0.2) is 107 Å². The molecule has 15 heteroatoms. The normalized spacial score (nSPS) is 22.0. The van der Waals surface area contributed by atoms with E-state index in [1.165, 1.54) is 0 Å². The van der Waals surface area contributed by atoms with Crippen LogP contribution in [0.15, 0.2) is 6.20 Å². The van der Waals surface area contributed by atoms with Gasteiger partial charge in [-0.25, -0.2) is 8.78 Å². The average Bonchev–Trinajstić information content (AvgIpc) is 3.76.